The van der Waals surface area contributed by atoms with Crippen LogP contribution in [0.1, 0.15) is 12.5 Å². The number of imide groups is 1. The molecule has 2 aromatic rings. The first kappa shape index (κ1) is 17.8. The Balaban J connectivity index is 1.49. The molecule has 0 fully saturated rings. The van der Waals surface area contributed by atoms with Crippen molar-refractivity contribution >= 4 is 17.6 Å². The molecule has 0 saturated heterocycles. The van der Waals surface area contributed by atoms with Crippen LogP contribution in [-0.4, -0.2) is 36.7 Å². The molecule has 26 heavy (non-hydrogen) atoms. The highest BCUT2D eigenvalue weighted by molar-refractivity contribution is 6.01. The number of rotatable bonds is 6. The van der Waals surface area contributed by atoms with Gasteiger partial charge in [-0.2, -0.15) is 0 Å². The van der Waals surface area contributed by atoms with E-state index in [-0.39, 0.29) is 19.2 Å². The molecule has 0 aromatic heterocycles. The van der Waals surface area contributed by atoms with Gasteiger partial charge < -0.3 is 14.8 Å². The topological polar surface area (TPSA) is 79.9 Å². The van der Waals surface area contributed by atoms with Crippen molar-refractivity contribution < 1.29 is 19.1 Å². The third-order valence-corrected chi connectivity index (χ3v) is 3.95. The van der Waals surface area contributed by atoms with E-state index in [1.165, 1.54) is 0 Å². The summed E-state index contributed by atoms with van der Waals surface area (Å²) in [5.41, 5.74) is 1.64. The zero-order valence-corrected chi connectivity index (χ0v) is 14.5. The number of likely N-dealkylation sites (N-methyl/N-ethyl adjacent to an activating group) is 1. The lowest BCUT2D eigenvalue weighted by Gasteiger charge is -2.19. The highest BCUT2D eigenvalue weighted by Gasteiger charge is 2.16. The molecule has 0 radical (unpaired) electrons. The zero-order chi connectivity index (χ0) is 18.4. The lowest BCUT2D eigenvalue weighted by Crippen LogP contribution is -2.41. The van der Waals surface area contributed by atoms with Gasteiger partial charge in [0.25, 0.3) is 0 Å². The van der Waals surface area contributed by atoms with Crippen molar-refractivity contribution in [3.8, 4) is 11.5 Å². The standard InChI is InChI=1S/C19H21N3O4/c1-2-22(11-14-6-4-3-5-7-14)12-18(23)21-19(24)20-15-8-9-16-17(10-15)26-13-25-16/h3-10H,2,11-13H2,1H3,(H2,20,21,23,24). The first-order valence-electron chi connectivity index (χ1n) is 8.41. The average molecular weight is 355 g/mol. The first-order chi connectivity index (χ1) is 12.6. The summed E-state index contributed by atoms with van der Waals surface area (Å²) in [6, 6.07) is 14.4. The van der Waals surface area contributed by atoms with E-state index < -0.39 is 6.03 Å². The van der Waals surface area contributed by atoms with E-state index in [2.05, 4.69) is 10.6 Å². The number of fused-ring (bicyclic) bond motifs is 1. The molecular weight excluding hydrogens is 334 g/mol. The number of hydrogen-bond donors (Lipinski definition) is 2. The number of anilines is 1. The predicted octanol–water partition coefficient (Wildman–Crippen LogP) is 2.59. The second-order valence-corrected chi connectivity index (χ2v) is 5.86. The number of nitrogens with zero attached hydrogens (tertiary/aromatic N) is 1. The number of benzene rings is 2. The molecule has 0 spiro atoms. The maximum absolute atomic E-state index is 12.1. The van der Waals surface area contributed by atoms with Crippen LogP contribution in [0.3, 0.4) is 0 Å². The molecule has 3 rings (SSSR count). The Kier molecular flexibility index (Phi) is 5.70. The van der Waals surface area contributed by atoms with Crippen LogP contribution in [0.25, 0.3) is 0 Å². The highest BCUT2D eigenvalue weighted by atomic mass is 16.7. The Morgan fingerprint density at radius 2 is 1.85 bits per heavy atom. The maximum atomic E-state index is 12.1. The quantitative estimate of drug-likeness (QED) is 0.833. The fraction of sp³-hybridized carbons (Fsp3) is 0.263. The Morgan fingerprint density at radius 1 is 1.08 bits per heavy atom. The lowest BCUT2D eigenvalue weighted by molar-refractivity contribution is -0.121. The van der Waals surface area contributed by atoms with Gasteiger partial charge in [-0.3, -0.25) is 15.0 Å². The minimum atomic E-state index is -0.579. The number of hydrogen-bond acceptors (Lipinski definition) is 5. The van der Waals surface area contributed by atoms with Gasteiger partial charge in [0, 0.05) is 18.3 Å². The number of nitrogens with one attached hydrogen (secondary N) is 2. The summed E-state index contributed by atoms with van der Waals surface area (Å²) in [6.45, 7) is 3.63. The van der Waals surface area contributed by atoms with E-state index >= 15 is 0 Å². The summed E-state index contributed by atoms with van der Waals surface area (Å²) in [5, 5.41) is 4.96. The smallest absolute Gasteiger partial charge is 0.325 e. The SMILES string of the molecule is CCN(CC(=O)NC(=O)Nc1ccc2c(c1)OCO2)Cc1ccccc1. The van der Waals surface area contributed by atoms with E-state index in [0.717, 1.165) is 5.56 Å². The maximum Gasteiger partial charge on any atom is 0.325 e. The van der Waals surface area contributed by atoms with Gasteiger partial charge in [0.2, 0.25) is 12.7 Å². The predicted molar refractivity (Wildman–Crippen MR) is 97.1 cm³/mol. The van der Waals surface area contributed by atoms with Gasteiger partial charge in [-0.05, 0) is 24.2 Å². The first-order valence-corrected chi connectivity index (χ1v) is 8.41. The molecule has 136 valence electrons. The van der Waals surface area contributed by atoms with Gasteiger partial charge in [-0.1, -0.05) is 37.3 Å². The van der Waals surface area contributed by atoms with Crippen LogP contribution in [0.2, 0.25) is 0 Å². The Labute approximate surface area is 151 Å². The third-order valence-electron chi connectivity index (χ3n) is 3.95. The summed E-state index contributed by atoms with van der Waals surface area (Å²) in [7, 11) is 0. The van der Waals surface area contributed by atoms with Crippen molar-refractivity contribution in [2.75, 3.05) is 25.2 Å². The van der Waals surface area contributed by atoms with E-state index in [1.54, 1.807) is 18.2 Å². The summed E-state index contributed by atoms with van der Waals surface area (Å²) < 4.78 is 10.5. The number of carbonyl (C=O) groups excluding carboxylic acids is 2. The molecule has 1 aliphatic heterocycles. The molecule has 2 N–H and O–H groups in total. The molecule has 3 amide bonds. The van der Waals surface area contributed by atoms with Gasteiger partial charge >= 0.3 is 6.03 Å². The highest BCUT2D eigenvalue weighted by Crippen LogP contribution is 2.34. The molecule has 7 heteroatoms. The van der Waals surface area contributed by atoms with Crippen molar-refractivity contribution in [2.45, 2.75) is 13.5 Å². The van der Waals surface area contributed by atoms with Crippen LogP contribution in [-0.2, 0) is 11.3 Å². The summed E-state index contributed by atoms with van der Waals surface area (Å²) in [4.78, 5) is 26.1. The zero-order valence-electron chi connectivity index (χ0n) is 14.5. The Bertz CT molecular complexity index is 780. The number of ether oxygens (including phenoxy) is 2. The van der Waals surface area contributed by atoms with Crippen LogP contribution in [0.15, 0.2) is 48.5 Å². The van der Waals surface area contributed by atoms with Crippen molar-refractivity contribution in [3.63, 3.8) is 0 Å². The summed E-state index contributed by atoms with van der Waals surface area (Å²) >= 11 is 0. The van der Waals surface area contributed by atoms with Crippen molar-refractivity contribution in [3.05, 3.63) is 54.1 Å². The fourth-order valence-corrected chi connectivity index (χ4v) is 2.63. The van der Waals surface area contributed by atoms with E-state index in [0.29, 0.717) is 30.3 Å². The largest absolute Gasteiger partial charge is 0.454 e. The fourth-order valence-electron chi connectivity index (χ4n) is 2.63. The molecule has 7 nitrogen and oxygen atoms in total. The molecule has 0 bridgehead atoms. The van der Waals surface area contributed by atoms with Gasteiger partial charge in [-0.15, -0.1) is 0 Å². The van der Waals surface area contributed by atoms with Gasteiger partial charge in [-0.25, -0.2) is 4.79 Å². The van der Waals surface area contributed by atoms with Crippen LogP contribution >= 0.6 is 0 Å². The number of amides is 3. The molecule has 0 unspecified atom stereocenters. The summed E-state index contributed by atoms with van der Waals surface area (Å²) in [6.07, 6.45) is 0. The third kappa shape index (κ3) is 4.73. The van der Waals surface area contributed by atoms with Crippen molar-refractivity contribution in [2.24, 2.45) is 0 Å². The lowest BCUT2D eigenvalue weighted by atomic mass is 10.2. The monoisotopic (exact) mass is 355 g/mol. The van der Waals surface area contributed by atoms with Crippen LogP contribution in [0, 0.1) is 0 Å². The van der Waals surface area contributed by atoms with Crippen molar-refractivity contribution in [1.82, 2.24) is 10.2 Å². The van der Waals surface area contributed by atoms with E-state index in [4.69, 9.17) is 9.47 Å². The van der Waals surface area contributed by atoms with Crippen molar-refractivity contribution in [1.29, 1.82) is 0 Å². The molecule has 0 saturated carbocycles. The minimum Gasteiger partial charge on any atom is -0.454 e. The van der Waals surface area contributed by atoms with E-state index in [9.17, 15) is 9.59 Å². The average Bonchev–Trinajstić information content (AvgIpc) is 3.09. The normalized spacial score (nSPS) is 12.1. The van der Waals surface area contributed by atoms with Gasteiger partial charge in [0.05, 0.1) is 6.54 Å². The van der Waals surface area contributed by atoms with Crippen LogP contribution < -0.4 is 20.1 Å². The molecular formula is C19H21N3O4. The van der Waals surface area contributed by atoms with Gasteiger partial charge in [0.15, 0.2) is 11.5 Å². The number of urea groups is 1. The number of carbonyl (C=O) groups is 2. The second kappa shape index (κ2) is 8.35. The van der Waals surface area contributed by atoms with Crippen LogP contribution in [0.5, 0.6) is 11.5 Å². The Hall–Kier alpha value is -3.06. The molecule has 1 aliphatic rings. The molecule has 0 aliphatic carbocycles. The Morgan fingerprint density at radius 3 is 2.62 bits per heavy atom. The minimum absolute atomic E-state index is 0.139. The molecule has 0 atom stereocenters. The summed E-state index contributed by atoms with van der Waals surface area (Å²) in [5.74, 6) is 0.835. The molecule has 2 aromatic carbocycles. The van der Waals surface area contributed by atoms with Crippen LogP contribution in [0.4, 0.5) is 10.5 Å². The van der Waals surface area contributed by atoms with Gasteiger partial charge in [0.1, 0.15) is 0 Å². The second-order valence-electron chi connectivity index (χ2n) is 5.86. The molecule has 1 heterocycles. The van der Waals surface area contributed by atoms with E-state index in [1.807, 2.05) is 42.2 Å².